The summed E-state index contributed by atoms with van der Waals surface area (Å²) in [7, 11) is 7.28. The number of benzene rings is 1. The SMILES string of the molecule is COc1cc(N)cc(C(=O)N(C)CCN(C)C)c1. The molecule has 5 heteroatoms. The second-order valence-corrected chi connectivity index (χ2v) is 4.52. The first-order chi connectivity index (χ1) is 8.43. The van der Waals surface area contributed by atoms with Gasteiger partial charge in [0, 0.05) is 37.5 Å². The molecule has 0 aliphatic carbocycles. The molecule has 0 atom stereocenters. The monoisotopic (exact) mass is 251 g/mol. The van der Waals surface area contributed by atoms with Crippen molar-refractivity contribution in [1.29, 1.82) is 0 Å². The van der Waals surface area contributed by atoms with Crippen molar-refractivity contribution in [3.05, 3.63) is 23.8 Å². The average molecular weight is 251 g/mol. The number of ether oxygens (including phenoxy) is 1. The zero-order valence-corrected chi connectivity index (χ0v) is 11.4. The predicted molar refractivity (Wildman–Crippen MR) is 72.9 cm³/mol. The van der Waals surface area contributed by atoms with Crippen LogP contribution in [0.15, 0.2) is 18.2 Å². The molecule has 0 aliphatic rings. The van der Waals surface area contributed by atoms with Gasteiger partial charge in [-0.15, -0.1) is 0 Å². The third kappa shape index (κ3) is 3.92. The van der Waals surface area contributed by atoms with E-state index in [0.29, 0.717) is 23.5 Å². The molecule has 0 spiro atoms. The molecule has 1 amide bonds. The van der Waals surface area contributed by atoms with Gasteiger partial charge in [0.15, 0.2) is 0 Å². The van der Waals surface area contributed by atoms with E-state index < -0.39 is 0 Å². The van der Waals surface area contributed by atoms with Crippen LogP contribution >= 0.6 is 0 Å². The Morgan fingerprint density at radius 1 is 1.22 bits per heavy atom. The Hall–Kier alpha value is -1.75. The van der Waals surface area contributed by atoms with Crippen LogP contribution in [0.1, 0.15) is 10.4 Å². The maximum atomic E-state index is 12.2. The van der Waals surface area contributed by atoms with Gasteiger partial charge in [-0.2, -0.15) is 0 Å². The number of nitrogen functional groups attached to an aromatic ring is 1. The number of nitrogens with zero attached hydrogens (tertiary/aromatic N) is 2. The number of anilines is 1. The molecule has 0 radical (unpaired) electrons. The highest BCUT2D eigenvalue weighted by Gasteiger charge is 2.13. The van der Waals surface area contributed by atoms with E-state index in [4.69, 9.17) is 10.5 Å². The van der Waals surface area contributed by atoms with Gasteiger partial charge in [0.1, 0.15) is 5.75 Å². The van der Waals surface area contributed by atoms with Crippen molar-refractivity contribution in [2.75, 3.05) is 47.1 Å². The van der Waals surface area contributed by atoms with Crippen LogP contribution in [0.3, 0.4) is 0 Å². The van der Waals surface area contributed by atoms with Crippen molar-refractivity contribution >= 4 is 11.6 Å². The van der Waals surface area contributed by atoms with Crippen molar-refractivity contribution in [1.82, 2.24) is 9.80 Å². The second kappa shape index (κ2) is 6.26. The Labute approximate surface area is 108 Å². The largest absolute Gasteiger partial charge is 0.497 e. The number of carbonyl (C=O) groups is 1. The summed E-state index contributed by atoms with van der Waals surface area (Å²) in [5, 5.41) is 0. The van der Waals surface area contributed by atoms with Gasteiger partial charge >= 0.3 is 0 Å². The average Bonchev–Trinajstić information content (AvgIpc) is 2.34. The lowest BCUT2D eigenvalue weighted by Crippen LogP contribution is -2.33. The molecule has 0 saturated carbocycles. The molecule has 1 aromatic carbocycles. The maximum absolute atomic E-state index is 12.2. The van der Waals surface area contributed by atoms with E-state index in [1.54, 1.807) is 37.3 Å². The predicted octanol–water partition coefficient (Wildman–Crippen LogP) is 0.911. The van der Waals surface area contributed by atoms with Gasteiger partial charge in [0.25, 0.3) is 5.91 Å². The zero-order chi connectivity index (χ0) is 13.7. The molecular formula is C13H21N3O2. The van der Waals surface area contributed by atoms with Crippen molar-refractivity contribution in [3.63, 3.8) is 0 Å². The van der Waals surface area contributed by atoms with Gasteiger partial charge in [-0.25, -0.2) is 0 Å². The van der Waals surface area contributed by atoms with Crippen molar-refractivity contribution in [2.45, 2.75) is 0 Å². The first kappa shape index (κ1) is 14.3. The van der Waals surface area contributed by atoms with Gasteiger partial charge in [-0.3, -0.25) is 4.79 Å². The third-order valence-electron chi connectivity index (χ3n) is 2.64. The summed E-state index contributed by atoms with van der Waals surface area (Å²) < 4.78 is 5.10. The summed E-state index contributed by atoms with van der Waals surface area (Å²) in [6.07, 6.45) is 0. The van der Waals surface area contributed by atoms with Crippen LogP contribution < -0.4 is 10.5 Å². The molecule has 1 rings (SSSR count). The minimum atomic E-state index is -0.0533. The van der Waals surface area contributed by atoms with Crippen LogP contribution in [-0.4, -0.2) is 57.0 Å². The lowest BCUT2D eigenvalue weighted by molar-refractivity contribution is 0.0786. The fourth-order valence-corrected chi connectivity index (χ4v) is 1.54. The zero-order valence-electron chi connectivity index (χ0n) is 11.4. The van der Waals surface area contributed by atoms with Gasteiger partial charge in [0.05, 0.1) is 7.11 Å². The van der Waals surface area contributed by atoms with Crippen LogP contribution in [0.4, 0.5) is 5.69 Å². The maximum Gasteiger partial charge on any atom is 0.253 e. The van der Waals surface area contributed by atoms with Crippen LogP contribution in [0.2, 0.25) is 0 Å². The van der Waals surface area contributed by atoms with Crippen molar-refractivity contribution in [3.8, 4) is 5.75 Å². The fraction of sp³-hybridized carbons (Fsp3) is 0.462. The molecule has 0 fully saturated rings. The Morgan fingerprint density at radius 3 is 2.44 bits per heavy atom. The van der Waals surface area contributed by atoms with Gasteiger partial charge < -0.3 is 20.3 Å². The smallest absolute Gasteiger partial charge is 0.253 e. The topological polar surface area (TPSA) is 58.8 Å². The number of hydrogen-bond donors (Lipinski definition) is 1. The van der Waals surface area contributed by atoms with Crippen molar-refractivity contribution in [2.24, 2.45) is 0 Å². The summed E-state index contributed by atoms with van der Waals surface area (Å²) in [6.45, 7) is 1.49. The molecule has 1 aromatic rings. The highest BCUT2D eigenvalue weighted by molar-refractivity contribution is 5.95. The number of methoxy groups -OCH3 is 1. The first-order valence-electron chi connectivity index (χ1n) is 5.78. The molecule has 0 aromatic heterocycles. The van der Waals surface area contributed by atoms with Gasteiger partial charge in [-0.1, -0.05) is 0 Å². The molecule has 100 valence electrons. The molecule has 2 N–H and O–H groups in total. The first-order valence-corrected chi connectivity index (χ1v) is 5.78. The molecule has 0 bridgehead atoms. The number of hydrogen-bond acceptors (Lipinski definition) is 4. The van der Waals surface area contributed by atoms with E-state index in [2.05, 4.69) is 0 Å². The molecule has 5 nitrogen and oxygen atoms in total. The number of likely N-dealkylation sites (N-methyl/N-ethyl adjacent to an activating group) is 2. The Balaban J connectivity index is 2.79. The Morgan fingerprint density at radius 2 is 1.89 bits per heavy atom. The Bertz CT molecular complexity index is 419. The number of amides is 1. The minimum Gasteiger partial charge on any atom is -0.497 e. The third-order valence-corrected chi connectivity index (χ3v) is 2.64. The summed E-state index contributed by atoms with van der Waals surface area (Å²) in [4.78, 5) is 15.9. The van der Waals surface area contributed by atoms with Crippen molar-refractivity contribution < 1.29 is 9.53 Å². The molecular weight excluding hydrogens is 230 g/mol. The fourth-order valence-electron chi connectivity index (χ4n) is 1.54. The highest BCUT2D eigenvalue weighted by atomic mass is 16.5. The van der Waals surface area contributed by atoms with Gasteiger partial charge in [-0.05, 0) is 26.2 Å². The number of carbonyl (C=O) groups excluding carboxylic acids is 1. The quantitative estimate of drug-likeness (QED) is 0.790. The lowest BCUT2D eigenvalue weighted by Gasteiger charge is -2.20. The number of nitrogens with two attached hydrogens (primary N) is 1. The summed E-state index contributed by atoms with van der Waals surface area (Å²) >= 11 is 0. The molecule has 0 aliphatic heterocycles. The van der Waals surface area contributed by atoms with Crippen LogP contribution in [0, 0.1) is 0 Å². The van der Waals surface area contributed by atoms with E-state index in [1.165, 1.54) is 0 Å². The highest BCUT2D eigenvalue weighted by Crippen LogP contribution is 2.19. The standard InChI is InChI=1S/C13H21N3O2/c1-15(2)5-6-16(3)13(17)10-7-11(14)9-12(8-10)18-4/h7-9H,5-6,14H2,1-4H3. The van der Waals surface area contributed by atoms with E-state index in [9.17, 15) is 4.79 Å². The molecule has 0 heterocycles. The number of rotatable bonds is 5. The summed E-state index contributed by atoms with van der Waals surface area (Å²) in [5.41, 5.74) is 6.81. The minimum absolute atomic E-state index is 0.0533. The van der Waals surface area contributed by atoms with Crippen LogP contribution in [0.25, 0.3) is 0 Å². The lowest BCUT2D eigenvalue weighted by atomic mass is 10.1. The van der Waals surface area contributed by atoms with E-state index in [1.807, 2.05) is 19.0 Å². The second-order valence-electron chi connectivity index (χ2n) is 4.52. The van der Waals surface area contributed by atoms with Crippen LogP contribution in [0.5, 0.6) is 5.75 Å². The molecule has 0 unspecified atom stereocenters. The van der Waals surface area contributed by atoms with Crippen LogP contribution in [-0.2, 0) is 0 Å². The normalized spacial score (nSPS) is 10.5. The van der Waals surface area contributed by atoms with E-state index in [-0.39, 0.29) is 5.91 Å². The summed E-state index contributed by atoms with van der Waals surface area (Å²) in [5.74, 6) is 0.543. The van der Waals surface area contributed by atoms with Gasteiger partial charge in [0.2, 0.25) is 0 Å². The molecule has 18 heavy (non-hydrogen) atoms. The Kier molecular flexibility index (Phi) is 4.97. The summed E-state index contributed by atoms with van der Waals surface area (Å²) in [6, 6.07) is 5.05. The molecule has 0 saturated heterocycles. The van der Waals surface area contributed by atoms with E-state index >= 15 is 0 Å². The van der Waals surface area contributed by atoms with E-state index in [0.717, 1.165) is 6.54 Å².